The third kappa shape index (κ3) is 3.16. The Bertz CT molecular complexity index is 889. The van der Waals surface area contributed by atoms with Crippen LogP contribution in [0, 0.1) is 31.6 Å². The molecule has 2 fully saturated rings. The van der Waals surface area contributed by atoms with Crippen molar-refractivity contribution in [3.8, 4) is 10.4 Å². The molecule has 2 heterocycles. The third-order valence-corrected chi connectivity index (χ3v) is 6.98. The van der Waals surface area contributed by atoms with E-state index in [9.17, 15) is 9.59 Å². The van der Waals surface area contributed by atoms with Crippen molar-refractivity contribution in [1.82, 2.24) is 9.88 Å². The lowest BCUT2D eigenvalue weighted by molar-refractivity contribution is -0.122. The van der Waals surface area contributed by atoms with E-state index in [0.29, 0.717) is 24.1 Å². The minimum atomic E-state index is -0.514. The number of rotatable bonds is 3. The maximum atomic E-state index is 13.4. The first-order valence-corrected chi connectivity index (χ1v) is 10.3. The first-order chi connectivity index (χ1) is 12.8. The molecular formula is C21H25N3O2S. The van der Waals surface area contributed by atoms with Gasteiger partial charge in [0.25, 0.3) is 5.91 Å². The second-order valence-corrected chi connectivity index (χ2v) is 9.29. The number of thiazole rings is 1. The summed E-state index contributed by atoms with van der Waals surface area (Å²) in [6, 6.07) is 7.59. The van der Waals surface area contributed by atoms with Crippen LogP contribution in [-0.2, 0) is 4.79 Å². The van der Waals surface area contributed by atoms with Crippen LogP contribution < -0.4 is 5.73 Å². The third-order valence-electron chi connectivity index (χ3n) is 5.96. The van der Waals surface area contributed by atoms with Crippen LogP contribution in [0.15, 0.2) is 24.3 Å². The highest BCUT2D eigenvalue weighted by molar-refractivity contribution is 7.15. The van der Waals surface area contributed by atoms with Crippen LogP contribution in [0.4, 0.5) is 0 Å². The Labute approximate surface area is 163 Å². The van der Waals surface area contributed by atoms with Crippen molar-refractivity contribution in [3.05, 3.63) is 40.5 Å². The maximum absolute atomic E-state index is 13.4. The number of likely N-dealkylation sites (tertiary alicyclic amines) is 1. The van der Waals surface area contributed by atoms with Gasteiger partial charge in [-0.05, 0) is 50.0 Å². The molecule has 4 rings (SSSR count). The Kier molecular flexibility index (Phi) is 4.54. The molecule has 1 saturated carbocycles. The summed E-state index contributed by atoms with van der Waals surface area (Å²) in [5.74, 6) is 0.575. The average molecular weight is 384 g/mol. The van der Waals surface area contributed by atoms with Crippen LogP contribution >= 0.6 is 11.3 Å². The van der Waals surface area contributed by atoms with Crippen LogP contribution in [0.2, 0.25) is 0 Å². The number of amides is 2. The summed E-state index contributed by atoms with van der Waals surface area (Å²) >= 11 is 1.52. The molecule has 0 bridgehead atoms. The number of nitrogens with zero attached hydrogens (tertiary/aromatic N) is 2. The summed E-state index contributed by atoms with van der Waals surface area (Å²) in [5, 5.41) is 0.845. The number of nitrogens with two attached hydrogens (primary N) is 1. The summed E-state index contributed by atoms with van der Waals surface area (Å²) in [4.78, 5) is 32.7. The molecule has 1 saturated heterocycles. The van der Waals surface area contributed by atoms with Gasteiger partial charge in [0.15, 0.2) is 0 Å². The van der Waals surface area contributed by atoms with Gasteiger partial charge in [-0.1, -0.05) is 36.8 Å². The minimum absolute atomic E-state index is 0.166. The summed E-state index contributed by atoms with van der Waals surface area (Å²) in [7, 11) is 0. The highest BCUT2D eigenvalue weighted by Crippen LogP contribution is 2.45. The Hall–Kier alpha value is -2.21. The molecule has 2 amide bonds. The molecule has 27 heavy (non-hydrogen) atoms. The monoisotopic (exact) mass is 383 g/mol. The Morgan fingerprint density at radius 1 is 1.19 bits per heavy atom. The highest BCUT2D eigenvalue weighted by Gasteiger charge is 2.51. The summed E-state index contributed by atoms with van der Waals surface area (Å²) in [6.07, 6.45) is 2.02. The number of hydrogen-bond acceptors (Lipinski definition) is 4. The van der Waals surface area contributed by atoms with E-state index in [-0.39, 0.29) is 11.8 Å². The fourth-order valence-electron chi connectivity index (χ4n) is 4.82. The molecule has 0 radical (unpaired) electrons. The van der Waals surface area contributed by atoms with Gasteiger partial charge in [0.05, 0.1) is 9.88 Å². The number of carbonyl (C=O) groups excluding carboxylic acids is 2. The van der Waals surface area contributed by atoms with E-state index in [0.717, 1.165) is 28.3 Å². The lowest BCUT2D eigenvalue weighted by Gasteiger charge is -2.25. The largest absolute Gasteiger partial charge is 0.368 e. The van der Waals surface area contributed by atoms with Crippen molar-refractivity contribution in [2.45, 2.75) is 39.7 Å². The number of aryl methyl sites for hydroxylation is 2. The normalized spacial score (nSPS) is 27.0. The molecule has 4 atom stereocenters. The average Bonchev–Trinajstić information content (AvgIpc) is 3.26. The molecule has 6 heteroatoms. The quantitative estimate of drug-likeness (QED) is 0.882. The van der Waals surface area contributed by atoms with Crippen LogP contribution in [0.1, 0.15) is 40.8 Å². The molecule has 0 spiro atoms. The first-order valence-electron chi connectivity index (χ1n) is 9.50. The molecular weight excluding hydrogens is 358 g/mol. The van der Waals surface area contributed by atoms with E-state index in [1.165, 1.54) is 16.9 Å². The zero-order chi connectivity index (χ0) is 19.3. The number of aromatic nitrogens is 1. The van der Waals surface area contributed by atoms with Crippen molar-refractivity contribution in [1.29, 1.82) is 0 Å². The van der Waals surface area contributed by atoms with Crippen molar-refractivity contribution >= 4 is 23.2 Å². The van der Waals surface area contributed by atoms with Gasteiger partial charge in [0, 0.05) is 6.54 Å². The molecule has 5 nitrogen and oxygen atoms in total. The van der Waals surface area contributed by atoms with Crippen molar-refractivity contribution in [2.24, 2.45) is 23.5 Å². The van der Waals surface area contributed by atoms with E-state index in [1.807, 2.05) is 38.1 Å². The minimum Gasteiger partial charge on any atom is -0.368 e. The maximum Gasteiger partial charge on any atom is 0.274 e. The van der Waals surface area contributed by atoms with Crippen molar-refractivity contribution < 1.29 is 9.59 Å². The summed E-state index contributed by atoms with van der Waals surface area (Å²) in [5.41, 5.74) is 8.32. The Morgan fingerprint density at radius 2 is 1.89 bits per heavy atom. The zero-order valence-electron chi connectivity index (χ0n) is 15.9. The van der Waals surface area contributed by atoms with E-state index in [1.54, 1.807) is 4.90 Å². The Morgan fingerprint density at radius 3 is 2.56 bits per heavy atom. The number of benzene rings is 1. The highest BCUT2D eigenvalue weighted by atomic mass is 32.1. The molecule has 2 N–H and O–H groups in total. The second-order valence-electron chi connectivity index (χ2n) is 8.08. The van der Waals surface area contributed by atoms with E-state index in [2.05, 4.69) is 11.9 Å². The fourth-order valence-corrected chi connectivity index (χ4v) is 5.74. The summed E-state index contributed by atoms with van der Waals surface area (Å²) in [6.45, 7) is 6.76. The molecule has 4 unspecified atom stereocenters. The molecule has 1 aromatic carbocycles. The molecule has 1 aliphatic heterocycles. The fraction of sp³-hybridized carbons (Fsp3) is 0.476. The van der Waals surface area contributed by atoms with Gasteiger partial charge in [0.2, 0.25) is 5.91 Å². The molecule has 2 aliphatic rings. The molecule has 142 valence electrons. The van der Waals surface area contributed by atoms with Crippen molar-refractivity contribution in [3.63, 3.8) is 0 Å². The predicted molar refractivity (Wildman–Crippen MR) is 106 cm³/mol. The number of hydrogen-bond donors (Lipinski definition) is 1. The number of primary amides is 1. The van der Waals surface area contributed by atoms with Gasteiger partial charge in [-0.2, -0.15) is 0 Å². The predicted octanol–water partition coefficient (Wildman–Crippen LogP) is 3.40. The van der Waals surface area contributed by atoms with Crippen molar-refractivity contribution in [2.75, 3.05) is 6.54 Å². The number of carbonyl (C=O) groups is 2. The lowest BCUT2D eigenvalue weighted by Crippen LogP contribution is -2.46. The van der Waals surface area contributed by atoms with Gasteiger partial charge in [0.1, 0.15) is 11.7 Å². The topological polar surface area (TPSA) is 76.3 Å². The van der Waals surface area contributed by atoms with Gasteiger partial charge < -0.3 is 10.6 Å². The van der Waals surface area contributed by atoms with Gasteiger partial charge in [-0.3, -0.25) is 9.59 Å². The SMILES string of the molecule is Cc1ccc(-c2sc(C)nc2C(=O)N2CC3CC(C)CC3C2C(N)=O)cc1. The van der Waals surface area contributed by atoms with Crippen LogP contribution in [0.5, 0.6) is 0 Å². The van der Waals surface area contributed by atoms with Gasteiger partial charge in [-0.25, -0.2) is 4.98 Å². The lowest BCUT2D eigenvalue weighted by atomic mass is 9.93. The smallest absolute Gasteiger partial charge is 0.274 e. The van der Waals surface area contributed by atoms with Gasteiger partial charge in [-0.15, -0.1) is 11.3 Å². The standard InChI is InChI=1S/C21H25N3O2S/c1-11-4-6-14(7-5-11)19-17(23-13(3)27-19)21(26)24-10-15-8-12(2)9-16(15)18(24)20(22)25/h4-7,12,15-16,18H,8-10H2,1-3H3,(H2,22,25). The van der Waals surface area contributed by atoms with Crippen LogP contribution in [0.25, 0.3) is 10.4 Å². The van der Waals surface area contributed by atoms with E-state index < -0.39 is 11.9 Å². The number of fused-ring (bicyclic) bond motifs is 1. The van der Waals surface area contributed by atoms with Gasteiger partial charge >= 0.3 is 0 Å². The first kappa shape index (κ1) is 18.2. The van der Waals surface area contributed by atoms with Crippen LogP contribution in [0.3, 0.4) is 0 Å². The second kappa shape index (κ2) is 6.75. The Balaban J connectivity index is 1.69. The van der Waals surface area contributed by atoms with E-state index >= 15 is 0 Å². The zero-order valence-corrected chi connectivity index (χ0v) is 16.8. The molecule has 2 aromatic rings. The molecule has 1 aliphatic carbocycles. The molecule has 1 aromatic heterocycles. The summed E-state index contributed by atoms with van der Waals surface area (Å²) < 4.78 is 0. The van der Waals surface area contributed by atoms with Crippen LogP contribution in [-0.4, -0.2) is 34.3 Å². The van der Waals surface area contributed by atoms with E-state index in [4.69, 9.17) is 5.73 Å².